The van der Waals surface area contributed by atoms with Gasteiger partial charge in [-0.3, -0.25) is 4.90 Å². The molecule has 2 aliphatic heterocycles. The lowest BCUT2D eigenvalue weighted by atomic mass is 9.68. The van der Waals surface area contributed by atoms with Crippen molar-refractivity contribution in [2.75, 3.05) is 45.8 Å². The van der Waals surface area contributed by atoms with E-state index in [1.165, 1.54) is 23.3 Å². The highest BCUT2D eigenvalue weighted by Gasteiger charge is 2.40. The van der Waals surface area contributed by atoms with Gasteiger partial charge in [-0.2, -0.15) is 0 Å². The van der Waals surface area contributed by atoms with Crippen LogP contribution in [0, 0.1) is 5.41 Å². The van der Waals surface area contributed by atoms with E-state index in [0.717, 1.165) is 32.7 Å². The van der Waals surface area contributed by atoms with Crippen molar-refractivity contribution < 1.29 is 9.90 Å². The molecule has 1 amide bonds. The predicted octanol–water partition coefficient (Wildman–Crippen LogP) is 2.46. The van der Waals surface area contributed by atoms with Crippen LogP contribution >= 0.6 is 0 Å². The Kier molecular flexibility index (Phi) is 5.41. The Hall–Kier alpha value is -1.59. The number of nitrogens with one attached hydrogen (secondary N) is 1. The molecular weight excluding hydrogens is 302 g/mol. The van der Waals surface area contributed by atoms with Crippen molar-refractivity contribution >= 4 is 6.09 Å². The van der Waals surface area contributed by atoms with Crippen LogP contribution in [0.5, 0.6) is 0 Å². The fourth-order valence-corrected chi connectivity index (χ4v) is 4.27. The standard InChI is InChI=1S/C19H29N3O2/c1-16(17-6-3-2-4-7-17)19(8-5-9-20-14-19)15-21-10-12-22(13-11-21)18(23)24/h2-4,6-7,16,20H,5,8-15H2,1H3,(H,23,24)/t16?,19-/m1/s1. The van der Waals surface area contributed by atoms with Gasteiger partial charge >= 0.3 is 6.09 Å². The molecule has 2 heterocycles. The number of carboxylic acid groups (broad SMARTS) is 1. The van der Waals surface area contributed by atoms with Crippen molar-refractivity contribution in [3.05, 3.63) is 35.9 Å². The van der Waals surface area contributed by atoms with E-state index in [0.29, 0.717) is 19.0 Å². The summed E-state index contributed by atoms with van der Waals surface area (Å²) in [5, 5.41) is 12.7. The average molecular weight is 331 g/mol. The Balaban J connectivity index is 1.71. The first-order valence-corrected chi connectivity index (χ1v) is 9.07. The summed E-state index contributed by atoms with van der Waals surface area (Å²) in [5.74, 6) is 0.490. The minimum atomic E-state index is -0.790. The van der Waals surface area contributed by atoms with Gasteiger partial charge in [-0.1, -0.05) is 37.3 Å². The highest BCUT2D eigenvalue weighted by molar-refractivity contribution is 5.65. The molecule has 0 spiro atoms. The molecule has 2 saturated heterocycles. The highest BCUT2D eigenvalue weighted by Crippen LogP contribution is 2.41. The third-order valence-corrected chi connectivity index (χ3v) is 5.90. The van der Waals surface area contributed by atoms with Gasteiger partial charge in [-0.05, 0) is 30.9 Å². The Bertz CT molecular complexity index is 535. The van der Waals surface area contributed by atoms with Crippen LogP contribution in [-0.2, 0) is 0 Å². The summed E-state index contributed by atoms with van der Waals surface area (Å²) in [6.45, 7) is 8.49. The molecule has 1 aromatic rings. The highest BCUT2D eigenvalue weighted by atomic mass is 16.4. The number of hydrogen-bond donors (Lipinski definition) is 2. The first-order chi connectivity index (χ1) is 11.6. The summed E-state index contributed by atoms with van der Waals surface area (Å²) in [7, 11) is 0. The molecule has 0 radical (unpaired) electrons. The van der Waals surface area contributed by atoms with E-state index in [4.69, 9.17) is 5.11 Å². The molecule has 0 aromatic heterocycles. The molecule has 0 aliphatic carbocycles. The smallest absolute Gasteiger partial charge is 0.407 e. The van der Waals surface area contributed by atoms with Gasteiger partial charge in [0.25, 0.3) is 0 Å². The SMILES string of the molecule is CC(c1ccccc1)[C@]1(CN2CCN(C(=O)O)CC2)CCCNC1. The van der Waals surface area contributed by atoms with E-state index >= 15 is 0 Å². The van der Waals surface area contributed by atoms with Gasteiger partial charge in [0.05, 0.1) is 0 Å². The Morgan fingerprint density at radius 1 is 1.25 bits per heavy atom. The zero-order valence-electron chi connectivity index (χ0n) is 14.6. The summed E-state index contributed by atoms with van der Waals surface area (Å²) < 4.78 is 0. The fourth-order valence-electron chi connectivity index (χ4n) is 4.27. The predicted molar refractivity (Wildman–Crippen MR) is 95.4 cm³/mol. The molecule has 2 N–H and O–H groups in total. The van der Waals surface area contributed by atoms with Gasteiger partial charge in [0, 0.05) is 44.7 Å². The number of piperazine rings is 1. The van der Waals surface area contributed by atoms with Crippen LogP contribution in [0.3, 0.4) is 0 Å². The van der Waals surface area contributed by atoms with Gasteiger partial charge < -0.3 is 15.3 Å². The van der Waals surface area contributed by atoms with Gasteiger partial charge in [0.2, 0.25) is 0 Å². The van der Waals surface area contributed by atoms with E-state index in [1.807, 2.05) is 0 Å². The van der Waals surface area contributed by atoms with Gasteiger partial charge in [0.15, 0.2) is 0 Å². The van der Waals surface area contributed by atoms with E-state index in [1.54, 1.807) is 0 Å². The third kappa shape index (κ3) is 3.73. The number of amides is 1. The first-order valence-electron chi connectivity index (χ1n) is 9.07. The lowest BCUT2D eigenvalue weighted by molar-refractivity contribution is 0.0553. The largest absolute Gasteiger partial charge is 0.465 e. The van der Waals surface area contributed by atoms with Crippen LogP contribution in [0.2, 0.25) is 0 Å². The molecule has 1 unspecified atom stereocenters. The van der Waals surface area contributed by atoms with Crippen molar-refractivity contribution in [2.24, 2.45) is 5.41 Å². The molecule has 3 rings (SSSR count). The average Bonchev–Trinajstić information content (AvgIpc) is 2.63. The van der Waals surface area contributed by atoms with E-state index in [2.05, 4.69) is 47.5 Å². The Labute approximate surface area is 144 Å². The zero-order chi connectivity index (χ0) is 17.0. The lowest BCUT2D eigenvalue weighted by Crippen LogP contribution is -2.55. The second-order valence-electron chi connectivity index (χ2n) is 7.32. The van der Waals surface area contributed by atoms with Crippen LogP contribution in [-0.4, -0.2) is 66.8 Å². The molecule has 132 valence electrons. The number of nitrogens with zero attached hydrogens (tertiary/aromatic N) is 2. The monoisotopic (exact) mass is 331 g/mol. The van der Waals surface area contributed by atoms with Gasteiger partial charge in [0.1, 0.15) is 0 Å². The molecule has 5 nitrogen and oxygen atoms in total. The Morgan fingerprint density at radius 3 is 2.54 bits per heavy atom. The number of hydrogen-bond acceptors (Lipinski definition) is 3. The van der Waals surface area contributed by atoms with Crippen molar-refractivity contribution in [1.82, 2.24) is 15.1 Å². The van der Waals surface area contributed by atoms with Crippen LogP contribution in [0.15, 0.2) is 30.3 Å². The minimum Gasteiger partial charge on any atom is -0.465 e. The topological polar surface area (TPSA) is 55.8 Å². The lowest BCUT2D eigenvalue weighted by Gasteiger charge is -2.47. The summed E-state index contributed by atoms with van der Waals surface area (Å²) >= 11 is 0. The number of benzene rings is 1. The van der Waals surface area contributed by atoms with Crippen LogP contribution in [0.25, 0.3) is 0 Å². The molecule has 24 heavy (non-hydrogen) atoms. The zero-order valence-corrected chi connectivity index (χ0v) is 14.6. The van der Waals surface area contributed by atoms with E-state index in [9.17, 15) is 4.79 Å². The van der Waals surface area contributed by atoms with Gasteiger partial charge in [-0.15, -0.1) is 0 Å². The number of carbonyl (C=O) groups is 1. The Morgan fingerprint density at radius 2 is 1.96 bits per heavy atom. The van der Waals surface area contributed by atoms with Gasteiger partial charge in [-0.25, -0.2) is 4.79 Å². The summed E-state index contributed by atoms with van der Waals surface area (Å²) in [5.41, 5.74) is 1.63. The van der Waals surface area contributed by atoms with Crippen LogP contribution in [0.4, 0.5) is 4.79 Å². The molecule has 5 heteroatoms. The maximum atomic E-state index is 11.1. The summed E-state index contributed by atoms with van der Waals surface area (Å²) in [4.78, 5) is 15.1. The molecule has 0 bridgehead atoms. The minimum absolute atomic E-state index is 0.227. The molecule has 0 saturated carbocycles. The summed E-state index contributed by atoms with van der Waals surface area (Å²) in [6.07, 6.45) is 1.66. The van der Waals surface area contributed by atoms with E-state index in [-0.39, 0.29) is 5.41 Å². The molecule has 2 fully saturated rings. The normalized spacial score (nSPS) is 27.0. The molecule has 2 atom stereocenters. The van der Waals surface area contributed by atoms with Crippen molar-refractivity contribution in [3.63, 3.8) is 0 Å². The second kappa shape index (κ2) is 7.53. The second-order valence-corrected chi connectivity index (χ2v) is 7.32. The van der Waals surface area contributed by atoms with Crippen molar-refractivity contribution in [2.45, 2.75) is 25.7 Å². The van der Waals surface area contributed by atoms with Crippen molar-refractivity contribution in [3.8, 4) is 0 Å². The quantitative estimate of drug-likeness (QED) is 0.890. The number of piperidine rings is 1. The fraction of sp³-hybridized carbons (Fsp3) is 0.632. The van der Waals surface area contributed by atoms with Crippen LogP contribution < -0.4 is 5.32 Å². The molecular formula is C19H29N3O2. The van der Waals surface area contributed by atoms with Crippen molar-refractivity contribution in [1.29, 1.82) is 0 Å². The van der Waals surface area contributed by atoms with E-state index < -0.39 is 6.09 Å². The first kappa shape index (κ1) is 17.2. The maximum Gasteiger partial charge on any atom is 0.407 e. The maximum absolute atomic E-state index is 11.1. The summed E-state index contributed by atoms with van der Waals surface area (Å²) in [6, 6.07) is 10.8. The number of rotatable bonds is 4. The molecule has 2 aliphatic rings. The molecule has 1 aromatic carbocycles. The van der Waals surface area contributed by atoms with Crippen LogP contribution in [0.1, 0.15) is 31.2 Å². The third-order valence-electron chi connectivity index (χ3n) is 5.90.